The average Bonchev–Trinajstić information content (AvgIpc) is 2.39. The molecule has 2 aliphatic rings. The van der Waals surface area contributed by atoms with Gasteiger partial charge in [0.2, 0.25) is 0 Å². The third kappa shape index (κ3) is 3.00. The fraction of sp³-hybridized carbons (Fsp3) is 1.00. The predicted molar refractivity (Wildman–Crippen MR) is 83.2 cm³/mol. The molecule has 0 aromatic carbocycles. The Kier molecular flexibility index (Phi) is 4.62. The normalized spacial score (nSPS) is 37.4. The SMILES string of the molecule is CCC1CCN(C2(CN)CCC(C)(C)CC2C)CC1. The third-order valence-electron chi connectivity index (χ3n) is 6.19. The summed E-state index contributed by atoms with van der Waals surface area (Å²) in [5.74, 6) is 1.70. The summed E-state index contributed by atoms with van der Waals surface area (Å²) >= 11 is 0. The van der Waals surface area contributed by atoms with Crippen LogP contribution in [0.25, 0.3) is 0 Å². The maximum absolute atomic E-state index is 6.27. The first-order valence-corrected chi connectivity index (χ1v) is 8.38. The lowest BCUT2D eigenvalue weighted by atomic mass is 9.62. The van der Waals surface area contributed by atoms with Crippen LogP contribution in [-0.4, -0.2) is 30.1 Å². The first-order chi connectivity index (χ1) is 8.93. The maximum atomic E-state index is 6.27. The van der Waals surface area contributed by atoms with Gasteiger partial charge in [0, 0.05) is 12.1 Å². The van der Waals surface area contributed by atoms with Gasteiger partial charge in [-0.15, -0.1) is 0 Å². The minimum absolute atomic E-state index is 0.300. The zero-order chi connectivity index (χ0) is 14.1. The summed E-state index contributed by atoms with van der Waals surface area (Å²) in [5, 5.41) is 0. The van der Waals surface area contributed by atoms with Crippen LogP contribution in [0.1, 0.15) is 66.2 Å². The molecule has 0 amide bonds. The summed E-state index contributed by atoms with van der Waals surface area (Å²) in [6.45, 7) is 13.0. The number of likely N-dealkylation sites (tertiary alicyclic amines) is 1. The lowest BCUT2D eigenvalue weighted by Gasteiger charge is -2.55. The number of rotatable bonds is 3. The van der Waals surface area contributed by atoms with Crippen molar-refractivity contribution in [3.8, 4) is 0 Å². The molecule has 0 aromatic rings. The quantitative estimate of drug-likeness (QED) is 0.845. The first kappa shape index (κ1) is 15.3. The molecule has 2 fully saturated rings. The molecule has 2 atom stereocenters. The van der Waals surface area contributed by atoms with Crippen molar-refractivity contribution in [2.45, 2.75) is 71.8 Å². The van der Waals surface area contributed by atoms with Crippen molar-refractivity contribution in [2.24, 2.45) is 23.0 Å². The molecule has 0 bridgehead atoms. The monoisotopic (exact) mass is 266 g/mol. The number of hydrogen-bond acceptors (Lipinski definition) is 2. The lowest BCUT2D eigenvalue weighted by molar-refractivity contribution is -0.0389. The van der Waals surface area contributed by atoms with E-state index in [1.807, 2.05) is 0 Å². The highest BCUT2D eigenvalue weighted by Gasteiger charge is 2.47. The van der Waals surface area contributed by atoms with Gasteiger partial charge in [-0.1, -0.05) is 34.1 Å². The van der Waals surface area contributed by atoms with Crippen LogP contribution in [0.3, 0.4) is 0 Å². The van der Waals surface area contributed by atoms with Crippen molar-refractivity contribution in [3.63, 3.8) is 0 Å². The van der Waals surface area contributed by atoms with Crippen molar-refractivity contribution in [2.75, 3.05) is 19.6 Å². The van der Waals surface area contributed by atoms with E-state index in [1.165, 1.54) is 51.6 Å². The van der Waals surface area contributed by atoms with E-state index >= 15 is 0 Å². The fourth-order valence-electron chi connectivity index (χ4n) is 4.61. The summed E-state index contributed by atoms with van der Waals surface area (Å²) in [6, 6.07) is 0. The third-order valence-corrected chi connectivity index (χ3v) is 6.19. The average molecular weight is 266 g/mol. The largest absolute Gasteiger partial charge is 0.329 e. The summed E-state index contributed by atoms with van der Waals surface area (Å²) in [5.41, 5.74) is 7.09. The second kappa shape index (κ2) is 5.73. The van der Waals surface area contributed by atoms with Gasteiger partial charge in [-0.2, -0.15) is 0 Å². The van der Waals surface area contributed by atoms with Crippen LogP contribution in [0.5, 0.6) is 0 Å². The number of nitrogens with two attached hydrogens (primary N) is 1. The van der Waals surface area contributed by atoms with Gasteiger partial charge in [0.05, 0.1) is 0 Å². The molecule has 112 valence electrons. The second-order valence-electron chi connectivity index (χ2n) is 7.92. The van der Waals surface area contributed by atoms with Crippen LogP contribution < -0.4 is 5.73 Å². The van der Waals surface area contributed by atoms with Gasteiger partial charge < -0.3 is 5.73 Å². The Morgan fingerprint density at radius 2 is 1.79 bits per heavy atom. The van der Waals surface area contributed by atoms with Crippen LogP contribution in [0, 0.1) is 17.3 Å². The van der Waals surface area contributed by atoms with E-state index in [4.69, 9.17) is 5.73 Å². The zero-order valence-electron chi connectivity index (χ0n) is 13.5. The zero-order valence-corrected chi connectivity index (χ0v) is 13.5. The summed E-state index contributed by atoms with van der Waals surface area (Å²) in [6.07, 6.45) is 8.09. The standard InChI is InChI=1S/C17H34N2/c1-5-15-6-10-19(11-7-15)17(13-18)9-8-16(3,4)12-14(17)2/h14-15H,5-13,18H2,1-4H3. The van der Waals surface area contributed by atoms with Crippen molar-refractivity contribution in [1.29, 1.82) is 0 Å². The number of piperidine rings is 1. The Morgan fingerprint density at radius 1 is 1.16 bits per heavy atom. The number of hydrogen-bond donors (Lipinski definition) is 1. The summed E-state index contributed by atoms with van der Waals surface area (Å²) in [7, 11) is 0. The Hall–Kier alpha value is -0.0800. The molecule has 1 heterocycles. The molecule has 2 nitrogen and oxygen atoms in total. The molecule has 1 saturated heterocycles. The van der Waals surface area contributed by atoms with Gasteiger partial charge in [0.15, 0.2) is 0 Å². The van der Waals surface area contributed by atoms with Crippen molar-refractivity contribution < 1.29 is 0 Å². The van der Waals surface area contributed by atoms with E-state index in [0.717, 1.165) is 18.4 Å². The highest BCUT2D eigenvalue weighted by molar-refractivity contribution is 5.02. The molecule has 2 unspecified atom stereocenters. The van der Waals surface area contributed by atoms with Crippen LogP contribution in [0.4, 0.5) is 0 Å². The minimum atomic E-state index is 0.300. The smallest absolute Gasteiger partial charge is 0.0357 e. The van der Waals surface area contributed by atoms with Crippen LogP contribution in [0.2, 0.25) is 0 Å². The highest BCUT2D eigenvalue weighted by Crippen LogP contribution is 2.47. The van der Waals surface area contributed by atoms with Gasteiger partial charge in [0.25, 0.3) is 0 Å². The van der Waals surface area contributed by atoms with Crippen LogP contribution in [-0.2, 0) is 0 Å². The molecule has 2 N–H and O–H groups in total. The highest BCUT2D eigenvalue weighted by atomic mass is 15.2. The molecule has 2 heteroatoms. The Balaban J connectivity index is 2.07. The van der Waals surface area contributed by atoms with E-state index in [2.05, 4.69) is 32.6 Å². The van der Waals surface area contributed by atoms with Gasteiger partial charge in [-0.3, -0.25) is 4.90 Å². The first-order valence-electron chi connectivity index (χ1n) is 8.38. The van der Waals surface area contributed by atoms with Gasteiger partial charge in [-0.05, 0) is 62.4 Å². The Labute approximate surface area is 120 Å². The van der Waals surface area contributed by atoms with Crippen molar-refractivity contribution >= 4 is 0 Å². The van der Waals surface area contributed by atoms with E-state index in [1.54, 1.807) is 0 Å². The number of nitrogens with zero attached hydrogens (tertiary/aromatic N) is 1. The van der Waals surface area contributed by atoms with E-state index in [0.29, 0.717) is 11.0 Å². The summed E-state index contributed by atoms with van der Waals surface area (Å²) in [4.78, 5) is 2.76. The molecule has 0 radical (unpaired) electrons. The van der Waals surface area contributed by atoms with Crippen molar-refractivity contribution in [3.05, 3.63) is 0 Å². The molecular weight excluding hydrogens is 232 g/mol. The molecule has 1 aliphatic carbocycles. The predicted octanol–water partition coefficient (Wildman–Crippen LogP) is 3.65. The maximum Gasteiger partial charge on any atom is 0.0357 e. The Morgan fingerprint density at radius 3 is 2.26 bits per heavy atom. The summed E-state index contributed by atoms with van der Waals surface area (Å²) < 4.78 is 0. The van der Waals surface area contributed by atoms with Crippen LogP contribution in [0.15, 0.2) is 0 Å². The molecule has 2 rings (SSSR count). The second-order valence-corrected chi connectivity index (χ2v) is 7.92. The minimum Gasteiger partial charge on any atom is -0.329 e. The van der Waals surface area contributed by atoms with E-state index in [-0.39, 0.29) is 0 Å². The van der Waals surface area contributed by atoms with E-state index in [9.17, 15) is 0 Å². The van der Waals surface area contributed by atoms with Crippen molar-refractivity contribution in [1.82, 2.24) is 4.90 Å². The Bertz CT molecular complexity index is 292. The molecule has 1 aliphatic heterocycles. The molecule has 19 heavy (non-hydrogen) atoms. The molecular formula is C17H34N2. The fourth-order valence-corrected chi connectivity index (χ4v) is 4.61. The molecule has 0 spiro atoms. The lowest BCUT2D eigenvalue weighted by Crippen LogP contribution is -2.62. The van der Waals surface area contributed by atoms with E-state index < -0.39 is 0 Å². The van der Waals surface area contributed by atoms with Gasteiger partial charge >= 0.3 is 0 Å². The molecule has 1 saturated carbocycles. The molecule has 0 aromatic heterocycles. The van der Waals surface area contributed by atoms with Gasteiger partial charge in [0.1, 0.15) is 0 Å². The van der Waals surface area contributed by atoms with Crippen LogP contribution >= 0.6 is 0 Å². The topological polar surface area (TPSA) is 29.3 Å². The van der Waals surface area contributed by atoms with Gasteiger partial charge in [-0.25, -0.2) is 0 Å².